The average Bonchev–Trinajstić information content (AvgIpc) is 3.10. The van der Waals surface area contributed by atoms with E-state index in [0.29, 0.717) is 15.6 Å². The van der Waals surface area contributed by atoms with E-state index in [1.54, 1.807) is 16.9 Å². The third-order valence-corrected chi connectivity index (χ3v) is 6.49. The molecule has 1 amide bonds. The molecule has 3 heterocycles. The maximum Gasteiger partial charge on any atom is 1.00 e. The first kappa shape index (κ1) is 22.1. The number of aliphatic hydroxyl groups excluding tert-OH is 1. The minimum atomic E-state index is -1.39. The van der Waals surface area contributed by atoms with Crippen LogP contribution in [0.1, 0.15) is 24.5 Å². The number of carboxylic acids is 1. The number of β-lactam (4-membered cyclic amide) rings is 1. The topological polar surface area (TPSA) is 117 Å². The quantitative estimate of drug-likeness (QED) is 0.413. The predicted molar refractivity (Wildman–Crippen MR) is 95.1 cm³/mol. The number of aromatic nitrogens is 1. The van der Waals surface area contributed by atoms with Crippen molar-refractivity contribution < 1.29 is 49.4 Å². The molecule has 7 nitrogen and oxygen atoms in total. The molecule has 0 aliphatic carbocycles. The van der Waals surface area contributed by atoms with Gasteiger partial charge in [-0.05, 0) is 18.4 Å². The Balaban J connectivity index is 0.00000261. The zero-order valence-corrected chi connectivity index (χ0v) is 18.7. The average molecular weight is 413 g/mol. The van der Waals surface area contributed by atoms with Crippen LogP contribution in [0.2, 0.25) is 0 Å². The van der Waals surface area contributed by atoms with Crippen LogP contribution >= 0.6 is 23.1 Å². The minimum Gasteiger partial charge on any atom is -0.543 e. The van der Waals surface area contributed by atoms with Gasteiger partial charge in [-0.1, -0.05) is 18.7 Å². The second kappa shape index (κ2) is 8.90. The van der Waals surface area contributed by atoms with Crippen LogP contribution in [0.4, 0.5) is 0 Å². The number of hydrogen-bond donors (Lipinski definition) is 1. The molecule has 10 heteroatoms. The Hall–Kier alpha value is -1.15. The first-order valence-electron chi connectivity index (χ1n) is 7.98. The molecule has 27 heavy (non-hydrogen) atoms. The summed E-state index contributed by atoms with van der Waals surface area (Å²) in [6.45, 7) is 3.39. The smallest absolute Gasteiger partial charge is 0.543 e. The van der Waals surface area contributed by atoms with Crippen LogP contribution < -0.4 is 34.7 Å². The van der Waals surface area contributed by atoms with E-state index in [1.807, 2.05) is 13.0 Å². The fourth-order valence-corrected chi connectivity index (χ4v) is 5.18. The molecule has 1 N–H and O–H groups in total. The van der Waals surface area contributed by atoms with E-state index in [9.17, 15) is 19.8 Å². The normalized spacial score (nSPS) is 25.0. The molecule has 1 aromatic rings. The summed E-state index contributed by atoms with van der Waals surface area (Å²) < 4.78 is 0. The summed E-state index contributed by atoms with van der Waals surface area (Å²) in [5.41, 5.74) is 0.587. The number of carboxylic acid groups (broad SMARTS) is 1. The molecular formula is C17H16N3NaO4S2. The number of hydrogen-bond acceptors (Lipinski definition) is 8. The van der Waals surface area contributed by atoms with Gasteiger partial charge in [0.15, 0.2) is 0 Å². The van der Waals surface area contributed by atoms with Crippen molar-refractivity contribution in [3.05, 3.63) is 32.1 Å². The van der Waals surface area contributed by atoms with Gasteiger partial charge < -0.3 is 19.9 Å². The van der Waals surface area contributed by atoms with E-state index in [0.717, 1.165) is 0 Å². The minimum absolute atomic E-state index is 0. The summed E-state index contributed by atoms with van der Waals surface area (Å²) in [5, 5.41) is 34.3. The molecule has 0 aromatic carbocycles. The van der Waals surface area contributed by atoms with Gasteiger partial charge in [-0.3, -0.25) is 4.79 Å². The third-order valence-electron chi connectivity index (χ3n) is 4.54. The molecule has 0 spiro atoms. The number of carbonyl (C=O) groups is 2. The van der Waals surface area contributed by atoms with Crippen LogP contribution in [-0.4, -0.2) is 39.0 Å². The Morgan fingerprint density at radius 2 is 2.33 bits per heavy atom. The number of thiazole rings is 1. The van der Waals surface area contributed by atoms with Crippen LogP contribution in [0.25, 0.3) is 6.08 Å². The van der Waals surface area contributed by atoms with Crippen molar-refractivity contribution in [2.75, 3.05) is 0 Å². The van der Waals surface area contributed by atoms with Gasteiger partial charge in [-0.2, -0.15) is 5.26 Å². The summed E-state index contributed by atoms with van der Waals surface area (Å²) >= 11 is 2.61. The van der Waals surface area contributed by atoms with E-state index in [-0.39, 0.29) is 59.5 Å². The van der Waals surface area contributed by atoms with Crippen molar-refractivity contribution in [1.29, 1.82) is 5.26 Å². The molecule has 1 saturated heterocycles. The SMILES string of the molecule is C[C@@H](O)[C@H]1C(=O)N2C(C(=O)[O-])=C(S/C=C\c3nc(CC#N)cs3)[C@H](C)[C@H]12.[Na+]. The third kappa shape index (κ3) is 4.01. The maximum atomic E-state index is 12.2. The van der Waals surface area contributed by atoms with Crippen LogP contribution in [0.15, 0.2) is 21.4 Å². The van der Waals surface area contributed by atoms with Crippen LogP contribution in [-0.2, 0) is 16.0 Å². The molecule has 4 atom stereocenters. The van der Waals surface area contributed by atoms with Crippen molar-refractivity contribution >= 4 is 41.1 Å². The molecule has 0 unspecified atom stereocenters. The Bertz CT molecular complexity index is 859. The second-order valence-electron chi connectivity index (χ2n) is 6.19. The molecule has 0 saturated carbocycles. The Kier molecular flexibility index (Phi) is 7.30. The van der Waals surface area contributed by atoms with Gasteiger partial charge in [0, 0.05) is 16.2 Å². The number of aliphatic hydroxyl groups is 1. The Labute approximate surface area is 187 Å². The standard InChI is InChI=1S/C17H17N3O4S2.Na/c1-8-13-12(9(2)21)16(22)20(13)14(17(23)24)15(8)25-6-4-11-19-10(3-5-18)7-26-11;/h4,6-9,12-13,21H,3H2,1-2H3,(H,23,24);/q;+1/p-1/b6-4-;/t8-,9-,12-,13-;/m1./s1. The molecule has 136 valence electrons. The molecule has 1 aromatic heterocycles. The number of thioether (sulfide) groups is 1. The van der Waals surface area contributed by atoms with Crippen molar-refractivity contribution in [2.45, 2.75) is 32.4 Å². The Morgan fingerprint density at radius 1 is 1.63 bits per heavy atom. The van der Waals surface area contributed by atoms with Gasteiger partial charge in [-0.25, -0.2) is 4.98 Å². The molecular weight excluding hydrogens is 397 g/mol. The molecule has 0 bridgehead atoms. The number of nitrogens with zero attached hydrogens (tertiary/aromatic N) is 3. The van der Waals surface area contributed by atoms with Gasteiger partial charge in [0.2, 0.25) is 5.91 Å². The number of amides is 1. The molecule has 1 fully saturated rings. The van der Waals surface area contributed by atoms with Gasteiger partial charge in [0.1, 0.15) is 5.01 Å². The van der Waals surface area contributed by atoms with E-state index in [4.69, 9.17) is 5.26 Å². The summed E-state index contributed by atoms with van der Waals surface area (Å²) in [4.78, 5) is 29.9. The van der Waals surface area contributed by atoms with E-state index < -0.39 is 18.0 Å². The summed E-state index contributed by atoms with van der Waals surface area (Å²) in [6.07, 6.45) is 1.16. The summed E-state index contributed by atoms with van der Waals surface area (Å²) in [6, 6.07) is 1.68. The molecule has 3 rings (SSSR count). The Morgan fingerprint density at radius 3 is 2.93 bits per heavy atom. The number of fused-ring (bicyclic) bond motifs is 1. The zero-order valence-electron chi connectivity index (χ0n) is 15.1. The van der Waals surface area contributed by atoms with Crippen molar-refractivity contribution in [1.82, 2.24) is 9.88 Å². The summed E-state index contributed by atoms with van der Waals surface area (Å²) in [7, 11) is 0. The van der Waals surface area contributed by atoms with Crippen LogP contribution in [0.5, 0.6) is 0 Å². The van der Waals surface area contributed by atoms with Crippen molar-refractivity contribution in [3.8, 4) is 6.07 Å². The fraction of sp³-hybridized carbons (Fsp3) is 0.412. The van der Waals surface area contributed by atoms with Crippen LogP contribution in [0.3, 0.4) is 0 Å². The summed E-state index contributed by atoms with van der Waals surface area (Å²) in [5.74, 6) is -2.57. The van der Waals surface area contributed by atoms with Crippen molar-refractivity contribution in [3.63, 3.8) is 0 Å². The number of nitriles is 1. The maximum absolute atomic E-state index is 12.2. The predicted octanol–water partition coefficient (Wildman–Crippen LogP) is -2.26. The van der Waals surface area contributed by atoms with E-state index in [2.05, 4.69) is 4.98 Å². The molecule has 0 radical (unpaired) electrons. The van der Waals surface area contributed by atoms with Gasteiger partial charge in [0.25, 0.3) is 0 Å². The van der Waals surface area contributed by atoms with Gasteiger partial charge in [0.05, 0.1) is 47.9 Å². The first-order chi connectivity index (χ1) is 12.4. The number of rotatable bonds is 6. The largest absolute Gasteiger partial charge is 1.00 e. The van der Waals surface area contributed by atoms with Gasteiger partial charge in [-0.15, -0.1) is 11.3 Å². The van der Waals surface area contributed by atoms with E-state index >= 15 is 0 Å². The fourth-order valence-electron chi connectivity index (χ4n) is 3.40. The number of carbonyl (C=O) groups excluding carboxylic acids is 2. The molecule has 2 aliphatic rings. The number of aliphatic carboxylic acids is 1. The monoisotopic (exact) mass is 413 g/mol. The van der Waals surface area contributed by atoms with Crippen molar-refractivity contribution in [2.24, 2.45) is 11.8 Å². The zero-order chi connectivity index (χ0) is 19.0. The first-order valence-corrected chi connectivity index (χ1v) is 9.74. The van der Waals surface area contributed by atoms with E-state index in [1.165, 1.54) is 34.9 Å². The molecule has 2 aliphatic heterocycles. The van der Waals surface area contributed by atoms with Crippen LogP contribution in [0, 0.1) is 23.2 Å². The second-order valence-corrected chi connectivity index (χ2v) is 8.02. The van der Waals surface area contributed by atoms with Gasteiger partial charge >= 0.3 is 29.6 Å².